The van der Waals surface area contributed by atoms with Crippen LogP contribution in [0.2, 0.25) is 0 Å². The fraction of sp³-hybridized carbons (Fsp3) is 0.190. The first-order valence-electron chi connectivity index (χ1n) is 8.82. The molecule has 1 N–H and O–H groups in total. The number of esters is 1. The van der Waals surface area contributed by atoms with Crippen LogP contribution in [0.3, 0.4) is 0 Å². The highest BCUT2D eigenvalue weighted by Gasteiger charge is 2.42. The highest BCUT2D eigenvalue weighted by molar-refractivity contribution is 9.10. The number of carbonyl (C=O) groups excluding carboxylic acids is 2. The number of carbonyl (C=O) groups is 2. The molecule has 29 heavy (non-hydrogen) atoms. The van der Waals surface area contributed by atoms with Crippen LogP contribution >= 0.6 is 15.9 Å². The minimum Gasteiger partial charge on any atom is -0.465 e. The monoisotopic (exact) mass is 457 g/mol. The maximum Gasteiger partial charge on any atom is 0.337 e. The third-order valence-electron chi connectivity index (χ3n) is 4.92. The van der Waals surface area contributed by atoms with E-state index in [2.05, 4.69) is 15.9 Å². The third-order valence-corrected chi connectivity index (χ3v) is 5.41. The molecule has 0 spiro atoms. The molecule has 0 bridgehead atoms. The molecule has 7 nitrogen and oxygen atoms in total. The Balaban J connectivity index is 1.92. The molecule has 0 fully saturated rings. The van der Waals surface area contributed by atoms with Crippen molar-refractivity contribution in [1.29, 1.82) is 0 Å². The second kappa shape index (κ2) is 7.46. The van der Waals surface area contributed by atoms with Gasteiger partial charge in [-0.3, -0.25) is 9.59 Å². The van der Waals surface area contributed by atoms with Crippen LogP contribution in [0.15, 0.2) is 56.1 Å². The second-order valence-corrected chi connectivity index (χ2v) is 7.47. The van der Waals surface area contributed by atoms with Crippen LogP contribution in [0.1, 0.15) is 38.1 Å². The van der Waals surface area contributed by atoms with Crippen molar-refractivity contribution in [3.05, 3.63) is 79.6 Å². The molecule has 0 saturated heterocycles. The van der Waals surface area contributed by atoms with Gasteiger partial charge in [0.25, 0.3) is 5.91 Å². The number of nitrogens with zero attached hydrogens (tertiary/aromatic N) is 1. The number of fused-ring (bicyclic) bond motifs is 2. The van der Waals surface area contributed by atoms with Crippen molar-refractivity contribution < 1.29 is 23.8 Å². The van der Waals surface area contributed by atoms with E-state index in [4.69, 9.17) is 9.15 Å². The third kappa shape index (κ3) is 3.14. The molecule has 0 radical (unpaired) electrons. The van der Waals surface area contributed by atoms with Crippen LogP contribution in [0.5, 0.6) is 0 Å². The largest absolute Gasteiger partial charge is 0.465 e. The lowest BCUT2D eigenvalue weighted by Gasteiger charge is -2.24. The summed E-state index contributed by atoms with van der Waals surface area (Å²) >= 11 is 3.35. The summed E-state index contributed by atoms with van der Waals surface area (Å²) in [6.45, 7) is -0.234. The molecule has 1 amide bonds. The van der Waals surface area contributed by atoms with Gasteiger partial charge in [0.2, 0.25) is 5.76 Å². The number of halogens is 1. The summed E-state index contributed by atoms with van der Waals surface area (Å²) in [5.41, 5.74) is 1.21. The van der Waals surface area contributed by atoms with Crippen molar-refractivity contribution in [1.82, 2.24) is 4.90 Å². The van der Waals surface area contributed by atoms with Gasteiger partial charge in [-0.15, -0.1) is 0 Å². The number of hydrogen-bond acceptors (Lipinski definition) is 6. The molecular weight excluding hydrogens is 442 g/mol. The average Bonchev–Trinajstić information content (AvgIpc) is 3.01. The molecule has 2 aromatic carbocycles. The van der Waals surface area contributed by atoms with Crippen molar-refractivity contribution >= 4 is 38.8 Å². The first kappa shape index (κ1) is 19.4. The summed E-state index contributed by atoms with van der Waals surface area (Å²) in [6, 6.07) is 10.7. The molecule has 148 valence electrons. The van der Waals surface area contributed by atoms with Gasteiger partial charge in [-0.1, -0.05) is 28.1 Å². The minimum atomic E-state index is -0.726. The summed E-state index contributed by atoms with van der Waals surface area (Å²) in [5, 5.41) is 9.82. The van der Waals surface area contributed by atoms with E-state index in [-0.39, 0.29) is 29.9 Å². The Labute approximate surface area is 173 Å². The van der Waals surface area contributed by atoms with E-state index < -0.39 is 17.9 Å². The molecule has 1 aromatic heterocycles. The number of amides is 1. The van der Waals surface area contributed by atoms with Crippen molar-refractivity contribution in [2.24, 2.45) is 0 Å². The summed E-state index contributed by atoms with van der Waals surface area (Å²) in [5.74, 6) is -0.972. The van der Waals surface area contributed by atoms with Crippen LogP contribution in [0.25, 0.3) is 11.0 Å². The lowest BCUT2D eigenvalue weighted by atomic mass is 9.97. The number of aliphatic hydroxyl groups excluding tert-OH is 1. The molecule has 0 aliphatic carbocycles. The fourth-order valence-corrected chi connectivity index (χ4v) is 3.96. The van der Waals surface area contributed by atoms with Crippen LogP contribution in [-0.4, -0.2) is 42.1 Å². The molecule has 1 aliphatic rings. The van der Waals surface area contributed by atoms with Crippen molar-refractivity contribution in [3.8, 4) is 0 Å². The average molecular weight is 458 g/mol. The Bertz CT molecular complexity index is 1180. The van der Waals surface area contributed by atoms with Gasteiger partial charge in [0.05, 0.1) is 36.3 Å². The van der Waals surface area contributed by atoms with Gasteiger partial charge in [-0.2, -0.15) is 0 Å². The molecular formula is C21H16BrNO6. The van der Waals surface area contributed by atoms with Gasteiger partial charge in [0.1, 0.15) is 5.58 Å². The molecule has 3 aromatic rings. The number of hydrogen-bond donors (Lipinski definition) is 1. The smallest absolute Gasteiger partial charge is 0.337 e. The zero-order chi connectivity index (χ0) is 20.7. The number of aliphatic hydroxyl groups is 1. The van der Waals surface area contributed by atoms with E-state index in [0.717, 1.165) is 0 Å². The van der Waals surface area contributed by atoms with Gasteiger partial charge in [-0.25, -0.2) is 4.79 Å². The van der Waals surface area contributed by atoms with E-state index in [9.17, 15) is 19.5 Å². The van der Waals surface area contributed by atoms with Crippen LogP contribution < -0.4 is 5.43 Å². The van der Waals surface area contributed by atoms with E-state index in [0.29, 0.717) is 26.6 Å². The minimum absolute atomic E-state index is 0.0275. The molecule has 4 rings (SSSR count). The second-order valence-electron chi connectivity index (χ2n) is 6.55. The van der Waals surface area contributed by atoms with Crippen molar-refractivity contribution in [3.63, 3.8) is 0 Å². The maximum absolute atomic E-state index is 13.3. The SMILES string of the molecule is COC(=O)c1ccc([C@@H]2c3c(oc4ccc(Br)cc4c3=O)C(=O)N2CCO)cc1. The molecule has 8 heteroatoms. The summed E-state index contributed by atoms with van der Waals surface area (Å²) in [7, 11) is 1.29. The molecule has 1 atom stereocenters. The number of β-amino-alcohol motifs (C(OH)–C–C–N with tert-alkyl or cyclic N) is 1. The fourth-order valence-electron chi connectivity index (χ4n) is 3.60. The lowest BCUT2D eigenvalue weighted by molar-refractivity contribution is 0.0599. The summed E-state index contributed by atoms with van der Waals surface area (Å²) in [6.07, 6.45) is 0. The van der Waals surface area contributed by atoms with Gasteiger partial charge >= 0.3 is 5.97 Å². The number of benzene rings is 2. The summed E-state index contributed by atoms with van der Waals surface area (Å²) < 4.78 is 11.2. The van der Waals surface area contributed by atoms with Crippen molar-refractivity contribution in [2.75, 3.05) is 20.3 Å². The zero-order valence-electron chi connectivity index (χ0n) is 15.3. The Hall–Kier alpha value is -2.97. The highest BCUT2D eigenvalue weighted by atomic mass is 79.9. The standard InChI is InChI=1S/C21H16BrNO6/c1-28-21(27)12-4-2-11(3-5-12)17-16-18(25)14-10-13(22)6-7-15(14)29-19(16)20(26)23(17)8-9-24/h2-7,10,17,24H,8-9H2,1H3/t17-/m1/s1. The lowest BCUT2D eigenvalue weighted by Crippen LogP contribution is -2.32. The van der Waals surface area contributed by atoms with Crippen LogP contribution in [0.4, 0.5) is 0 Å². The van der Waals surface area contributed by atoms with Gasteiger partial charge in [0.15, 0.2) is 5.43 Å². The first-order chi connectivity index (χ1) is 14.0. The molecule has 0 unspecified atom stereocenters. The molecule has 0 saturated carbocycles. The quantitative estimate of drug-likeness (QED) is 0.604. The van der Waals surface area contributed by atoms with Crippen LogP contribution in [0, 0.1) is 0 Å². The number of methoxy groups -OCH3 is 1. The van der Waals surface area contributed by atoms with E-state index >= 15 is 0 Å². The highest BCUT2D eigenvalue weighted by Crippen LogP contribution is 2.38. The Kier molecular flexibility index (Phi) is 4.97. The number of rotatable bonds is 4. The first-order valence-corrected chi connectivity index (χ1v) is 9.62. The molecule has 1 aliphatic heterocycles. The van der Waals surface area contributed by atoms with E-state index in [1.165, 1.54) is 12.0 Å². The van der Waals surface area contributed by atoms with E-state index in [1.54, 1.807) is 42.5 Å². The van der Waals surface area contributed by atoms with E-state index in [1.807, 2.05) is 0 Å². The molecule has 2 heterocycles. The topological polar surface area (TPSA) is 97.0 Å². The maximum atomic E-state index is 13.3. The van der Waals surface area contributed by atoms with Gasteiger partial charge in [0, 0.05) is 11.0 Å². The van der Waals surface area contributed by atoms with Gasteiger partial charge < -0.3 is 19.2 Å². The predicted octanol–water partition coefficient (Wildman–Crippen LogP) is 2.88. The Morgan fingerprint density at radius 3 is 2.59 bits per heavy atom. The van der Waals surface area contributed by atoms with Crippen LogP contribution in [-0.2, 0) is 4.74 Å². The number of ether oxygens (including phenoxy) is 1. The normalized spacial score (nSPS) is 15.6. The predicted molar refractivity (Wildman–Crippen MR) is 108 cm³/mol. The van der Waals surface area contributed by atoms with Crippen molar-refractivity contribution in [2.45, 2.75) is 6.04 Å². The summed E-state index contributed by atoms with van der Waals surface area (Å²) in [4.78, 5) is 39.3. The zero-order valence-corrected chi connectivity index (χ0v) is 16.9. The van der Waals surface area contributed by atoms with Gasteiger partial charge in [-0.05, 0) is 35.9 Å². The Morgan fingerprint density at radius 1 is 1.21 bits per heavy atom. The Morgan fingerprint density at radius 2 is 1.93 bits per heavy atom.